The van der Waals surface area contributed by atoms with E-state index in [-0.39, 0.29) is 0 Å². The highest BCUT2D eigenvalue weighted by Crippen LogP contribution is 2.46. The molecule has 0 N–H and O–H groups in total. The zero-order chi connectivity index (χ0) is 34.4. The van der Waals surface area contributed by atoms with Gasteiger partial charge in [-0.15, -0.1) is 0 Å². The third-order valence-electron chi connectivity index (χ3n) is 10.1. The van der Waals surface area contributed by atoms with E-state index < -0.39 is 0 Å². The summed E-state index contributed by atoms with van der Waals surface area (Å²) in [6.45, 7) is 0. The van der Waals surface area contributed by atoms with E-state index >= 15 is 0 Å². The first-order valence-corrected chi connectivity index (χ1v) is 17.6. The molecule has 0 unspecified atom stereocenters. The lowest BCUT2D eigenvalue weighted by molar-refractivity contribution is 0.670. The quantitative estimate of drug-likeness (QED) is 0.176. The molecule has 0 atom stereocenters. The topological polar surface area (TPSA) is 16.4 Å². The molecule has 0 saturated carbocycles. The maximum Gasteiger partial charge on any atom is 0.159 e. The molecular weight excluding hydrogens is 631 g/mol. The number of furan rings is 1. The van der Waals surface area contributed by atoms with E-state index in [0.717, 1.165) is 50.1 Å². The second-order valence-electron chi connectivity index (χ2n) is 13.2. The first kappa shape index (κ1) is 29.8. The molecule has 1 heterocycles. The van der Waals surface area contributed by atoms with Crippen molar-refractivity contribution in [3.05, 3.63) is 200 Å². The molecule has 0 radical (unpaired) electrons. The van der Waals surface area contributed by atoms with Crippen molar-refractivity contribution in [2.75, 3.05) is 4.90 Å². The zero-order valence-corrected chi connectivity index (χ0v) is 28.3. The summed E-state index contributed by atoms with van der Waals surface area (Å²) in [7, 11) is 0. The molecule has 1 aromatic heterocycles. The van der Waals surface area contributed by atoms with Gasteiger partial charge in [0.2, 0.25) is 0 Å². The molecule has 0 saturated heterocycles. The van der Waals surface area contributed by atoms with E-state index in [2.05, 4.69) is 193 Å². The molecule has 9 aromatic carbocycles. The Bertz CT molecular complexity index is 2870. The fourth-order valence-corrected chi connectivity index (χ4v) is 7.57. The second kappa shape index (κ2) is 12.4. The molecule has 10 aromatic rings. The molecule has 0 aliphatic carbocycles. The Morgan fingerprint density at radius 2 is 1.04 bits per heavy atom. The van der Waals surface area contributed by atoms with Crippen LogP contribution in [0.2, 0.25) is 0 Å². The smallest absolute Gasteiger partial charge is 0.159 e. The minimum Gasteiger partial charge on any atom is -0.453 e. The Balaban J connectivity index is 1.18. The van der Waals surface area contributed by atoms with Gasteiger partial charge in [0.05, 0.1) is 5.69 Å². The summed E-state index contributed by atoms with van der Waals surface area (Å²) in [6, 6.07) is 72.9. The van der Waals surface area contributed by atoms with Gasteiger partial charge in [0.1, 0.15) is 5.58 Å². The molecule has 2 heteroatoms. The van der Waals surface area contributed by atoms with Crippen LogP contribution in [0.5, 0.6) is 0 Å². The Morgan fingerprint density at radius 3 is 1.79 bits per heavy atom. The van der Waals surface area contributed by atoms with E-state index in [1.54, 1.807) is 0 Å². The van der Waals surface area contributed by atoms with E-state index in [0.29, 0.717) is 0 Å². The van der Waals surface area contributed by atoms with Gasteiger partial charge in [0.15, 0.2) is 5.58 Å². The van der Waals surface area contributed by atoms with Crippen molar-refractivity contribution in [2.24, 2.45) is 0 Å². The molecule has 0 aliphatic heterocycles. The van der Waals surface area contributed by atoms with Gasteiger partial charge in [-0.25, -0.2) is 0 Å². The van der Waals surface area contributed by atoms with Gasteiger partial charge in [-0.2, -0.15) is 0 Å². The van der Waals surface area contributed by atoms with Crippen LogP contribution in [0.25, 0.3) is 76.9 Å². The van der Waals surface area contributed by atoms with Crippen molar-refractivity contribution in [3.8, 4) is 33.4 Å². The predicted molar refractivity (Wildman–Crippen MR) is 217 cm³/mol. The first-order valence-electron chi connectivity index (χ1n) is 17.6. The normalized spacial score (nSPS) is 11.3. The van der Waals surface area contributed by atoms with Crippen molar-refractivity contribution in [3.63, 3.8) is 0 Å². The van der Waals surface area contributed by atoms with Crippen molar-refractivity contribution >= 4 is 60.5 Å². The van der Waals surface area contributed by atoms with Gasteiger partial charge in [-0.05, 0) is 110 Å². The molecule has 0 bridgehead atoms. The van der Waals surface area contributed by atoms with Crippen LogP contribution in [-0.2, 0) is 0 Å². The zero-order valence-electron chi connectivity index (χ0n) is 28.3. The molecule has 242 valence electrons. The van der Waals surface area contributed by atoms with Crippen LogP contribution in [0, 0.1) is 12.1 Å². The molecule has 0 aliphatic rings. The molecule has 52 heavy (non-hydrogen) atoms. The van der Waals surface area contributed by atoms with Gasteiger partial charge < -0.3 is 9.32 Å². The average molecular weight is 662 g/mol. The number of anilines is 3. The fraction of sp³-hybridized carbons (Fsp3) is 0. The van der Waals surface area contributed by atoms with Gasteiger partial charge in [0.25, 0.3) is 0 Å². The van der Waals surface area contributed by atoms with Gasteiger partial charge >= 0.3 is 0 Å². The minimum absolute atomic E-state index is 0.840. The van der Waals surface area contributed by atoms with Crippen molar-refractivity contribution in [1.29, 1.82) is 0 Å². The lowest BCUT2D eigenvalue weighted by Crippen LogP contribution is -2.10. The third kappa shape index (κ3) is 5.07. The highest BCUT2D eigenvalue weighted by atomic mass is 16.3. The van der Waals surface area contributed by atoms with Crippen LogP contribution in [0.15, 0.2) is 192 Å². The molecule has 10 rings (SSSR count). The molecule has 0 amide bonds. The maximum absolute atomic E-state index is 7.06. The summed E-state index contributed by atoms with van der Waals surface area (Å²) >= 11 is 0. The van der Waals surface area contributed by atoms with Crippen LogP contribution in [0.3, 0.4) is 0 Å². The summed E-state index contributed by atoms with van der Waals surface area (Å²) in [5.41, 5.74) is 11.6. The van der Waals surface area contributed by atoms with Gasteiger partial charge in [-0.3, -0.25) is 0 Å². The number of nitrogens with zero attached hydrogens (tertiary/aromatic N) is 1. The molecule has 0 fully saturated rings. The predicted octanol–water partition coefficient (Wildman–Crippen LogP) is 14.0. The van der Waals surface area contributed by atoms with Crippen LogP contribution in [-0.4, -0.2) is 0 Å². The number of para-hydroxylation sites is 1. The SMILES string of the molecule is c1ccc(-c2cc3ccccc3c3c2oc2c(N(c4ccc(-c5ccccc5)cc4)c4ccc(-c5ccc6ccccc6c5)cc4)cccc23)cc#1. The molecular formula is C50H31NO. The Hall–Kier alpha value is -7.08. The van der Waals surface area contributed by atoms with Crippen molar-refractivity contribution in [2.45, 2.75) is 0 Å². The first-order chi connectivity index (χ1) is 25.8. The summed E-state index contributed by atoms with van der Waals surface area (Å²) in [5.74, 6) is 0. The highest BCUT2D eigenvalue weighted by Gasteiger charge is 2.22. The fourth-order valence-electron chi connectivity index (χ4n) is 7.57. The van der Waals surface area contributed by atoms with E-state index in [9.17, 15) is 0 Å². The lowest BCUT2D eigenvalue weighted by Gasteiger charge is -2.26. The number of hydrogen-bond acceptors (Lipinski definition) is 2. The number of hydrogen-bond donors (Lipinski definition) is 0. The average Bonchev–Trinajstić information content (AvgIpc) is 3.63. The number of benzene rings is 8. The van der Waals surface area contributed by atoms with Crippen molar-refractivity contribution in [1.82, 2.24) is 0 Å². The number of rotatable bonds is 6. The summed E-state index contributed by atoms with van der Waals surface area (Å²) in [5, 5.41) is 7.01. The summed E-state index contributed by atoms with van der Waals surface area (Å²) < 4.78 is 7.06. The van der Waals surface area contributed by atoms with Gasteiger partial charge in [-0.1, -0.05) is 140 Å². The Kier molecular flexibility index (Phi) is 7.08. The molecule has 2 nitrogen and oxygen atoms in total. The van der Waals surface area contributed by atoms with Crippen LogP contribution < -0.4 is 4.90 Å². The molecule has 0 spiro atoms. The highest BCUT2D eigenvalue weighted by molar-refractivity contribution is 6.24. The third-order valence-corrected chi connectivity index (χ3v) is 10.1. The summed E-state index contributed by atoms with van der Waals surface area (Å²) in [4.78, 5) is 2.32. The van der Waals surface area contributed by atoms with Gasteiger partial charge in [0, 0.05) is 27.7 Å². The standard InChI is InChI=1S/C50H31NO/c1-3-12-34(13-4-1)36-24-28-42(29-25-36)51(43-30-26-37(27-31-43)40-23-22-35-14-7-8-17-39(35)32-40)47-21-11-20-45-48-44-19-10-9-18-41(44)33-46(50(48)52-49(45)47)38-15-5-2-6-16-38/h1,3-5,7-33H. The monoisotopic (exact) mass is 661 g/mol. The van der Waals surface area contributed by atoms with E-state index in [1.807, 2.05) is 12.1 Å². The Morgan fingerprint density at radius 1 is 0.404 bits per heavy atom. The second-order valence-corrected chi connectivity index (χ2v) is 13.2. The van der Waals surface area contributed by atoms with Crippen LogP contribution in [0.4, 0.5) is 17.1 Å². The maximum atomic E-state index is 7.06. The lowest BCUT2D eigenvalue weighted by atomic mass is 9.96. The van der Waals surface area contributed by atoms with Crippen molar-refractivity contribution < 1.29 is 4.42 Å². The number of fused-ring (bicyclic) bond motifs is 6. The van der Waals surface area contributed by atoms with E-state index in [4.69, 9.17) is 4.42 Å². The van der Waals surface area contributed by atoms with Crippen LogP contribution >= 0.6 is 0 Å². The van der Waals surface area contributed by atoms with Crippen LogP contribution in [0.1, 0.15) is 0 Å². The van der Waals surface area contributed by atoms with E-state index in [1.165, 1.54) is 43.8 Å². The summed E-state index contributed by atoms with van der Waals surface area (Å²) in [6.07, 6.45) is 0. The minimum atomic E-state index is 0.840. The Labute approximate surface area is 302 Å². The largest absolute Gasteiger partial charge is 0.453 e.